The van der Waals surface area contributed by atoms with Crippen molar-refractivity contribution in [3.05, 3.63) is 40.2 Å². The zero-order chi connectivity index (χ0) is 19.4. The third-order valence-corrected chi connectivity index (χ3v) is 4.49. The van der Waals surface area contributed by atoms with Gasteiger partial charge in [0.2, 0.25) is 5.91 Å². The van der Waals surface area contributed by atoms with Crippen LogP contribution in [0, 0.1) is 0 Å². The fourth-order valence-electron chi connectivity index (χ4n) is 3.11. The third-order valence-electron chi connectivity index (χ3n) is 4.49. The molecule has 2 aromatic rings. The summed E-state index contributed by atoms with van der Waals surface area (Å²) in [5.41, 5.74) is 0.345. The minimum Gasteiger partial charge on any atom is -0.497 e. The normalized spacial score (nSPS) is 17.5. The predicted molar refractivity (Wildman–Crippen MR) is 95.7 cm³/mol. The van der Waals surface area contributed by atoms with E-state index >= 15 is 0 Å². The lowest BCUT2D eigenvalue weighted by Gasteiger charge is -2.19. The number of methoxy groups -OCH3 is 2. The zero-order valence-electron chi connectivity index (χ0n) is 15.2. The van der Waals surface area contributed by atoms with Gasteiger partial charge in [0, 0.05) is 30.5 Å². The van der Waals surface area contributed by atoms with E-state index in [1.165, 1.54) is 20.3 Å². The van der Waals surface area contributed by atoms with Gasteiger partial charge < -0.3 is 23.9 Å². The first-order chi connectivity index (χ1) is 13.0. The summed E-state index contributed by atoms with van der Waals surface area (Å²) in [6.07, 6.45) is 0.920. The van der Waals surface area contributed by atoms with Gasteiger partial charge in [-0.25, -0.2) is 9.59 Å². The van der Waals surface area contributed by atoms with Crippen LogP contribution in [-0.4, -0.2) is 44.8 Å². The van der Waals surface area contributed by atoms with Crippen LogP contribution in [0.15, 0.2) is 33.5 Å². The molecule has 8 nitrogen and oxygen atoms in total. The van der Waals surface area contributed by atoms with Crippen LogP contribution < -0.4 is 15.7 Å². The van der Waals surface area contributed by atoms with Crippen molar-refractivity contribution in [1.82, 2.24) is 5.32 Å². The number of carbonyl (C=O) groups excluding carboxylic acids is 2. The van der Waals surface area contributed by atoms with Crippen molar-refractivity contribution in [1.29, 1.82) is 0 Å². The highest BCUT2D eigenvalue weighted by Crippen LogP contribution is 2.23. The molecular formula is C19H21NO7. The van der Waals surface area contributed by atoms with Gasteiger partial charge in [0.1, 0.15) is 23.5 Å². The highest BCUT2D eigenvalue weighted by atomic mass is 16.5. The molecule has 0 spiro atoms. The van der Waals surface area contributed by atoms with Crippen LogP contribution in [0.3, 0.4) is 0 Å². The predicted octanol–water partition coefficient (Wildman–Crippen LogP) is 1.18. The first-order valence-electron chi connectivity index (χ1n) is 8.62. The minimum absolute atomic E-state index is 0.0829. The molecule has 1 aromatic carbocycles. The monoisotopic (exact) mass is 375 g/mol. The summed E-state index contributed by atoms with van der Waals surface area (Å²) in [6.45, 7) is 0.521. The van der Waals surface area contributed by atoms with Crippen LogP contribution in [0.1, 0.15) is 18.4 Å². The first kappa shape index (κ1) is 18.9. The molecule has 0 saturated carbocycles. The molecule has 144 valence electrons. The fourth-order valence-corrected chi connectivity index (χ4v) is 3.11. The lowest BCUT2D eigenvalue weighted by molar-refractivity contribution is -0.146. The van der Waals surface area contributed by atoms with Crippen molar-refractivity contribution >= 4 is 22.8 Å². The molecular weight excluding hydrogens is 354 g/mol. The van der Waals surface area contributed by atoms with Crippen molar-refractivity contribution in [2.45, 2.75) is 31.4 Å². The number of rotatable bonds is 6. The molecule has 1 aromatic heterocycles. The van der Waals surface area contributed by atoms with E-state index in [1.54, 1.807) is 18.2 Å². The minimum atomic E-state index is -0.946. The molecule has 1 fully saturated rings. The maximum atomic E-state index is 12.3. The Balaban J connectivity index is 1.89. The molecule has 3 rings (SSSR count). The number of benzene rings is 1. The van der Waals surface area contributed by atoms with Crippen LogP contribution in [-0.2, 0) is 25.5 Å². The quantitative estimate of drug-likeness (QED) is 0.597. The number of nitrogens with one attached hydrogen (secondary N) is 1. The maximum Gasteiger partial charge on any atom is 0.336 e. The lowest BCUT2D eigenvalue weighted by atomic mass is 10.0. The van der Waals surface area contributed by atoms with Gasteiger partial charge in [-0.05, 0) is 30.5 Å². The number of hydrogen-bond acceptors (Lipinski definition) is 7. The van der Waals surface area contributed by atoms with Gasteiger partial charge in [-0.2, -0.15) is 0 Å². The number of fused-ring (bicyclic) bond motifs is 1. The van der Waals surface area contributed by atoms with E-state index in [2.05, 4.69) is 5.32 Å². The Labute approximate surface area is 155 Å². The molecule has 1 N–H and O–H groups in total. The molecule has 8 heteroatoms. The number of ether oxygens (including phenoxy) is 3. The SMILES string of the molecule is COC(=O)[C@@H](Cc1cc(=O)oc2cc(OC)ccc12)NC(=O)[C@H]1CCCO1. The van der Waals surface area contributed by atoms with Crippen molar-refractivity contribution in [2.24, 2.45) is 0 Å². The van der Waals surface area contributed by atoms with Gasteiger partial charge in [-0.3, -0.25) is 4.79 Å². The molecule has 2 heterocycles. The summed E-state index contributed by atoms with van der Waals surface area (Å²) in [7, 11) is 2.76. The van der Waals surface area contributed by atoms with E-state index in [0.29, 0.717) is 35.3 Å². The topological polar surface area (TPSA) is 104 Å². The van der Waals surface area contributed by atoms with Crippen LogP contribution in [0.5, 0.6) is 5.75 Å². The third kappa shape index (κ3) is 4.28. The summed E-state index contributed by atoms with van der Waals surface area (Å²) in [4.78, 5) is 36.5. The average molecular weight is 375 g/mol. The molecule has 0 radical (unpaired) electrons. The second-order valence-electron chi connectivity index (χ2n) is 6.24. The Morgan fingerprint density at radius 2 is 2.11 bits per heavy atom. The van der Waals surface area contributed by atoms with E-state index in [0.717, 1.165) is 6.42 Å². The zero-order valence-corrected chi connectivity index (χ0v) is 15.2. The second-order valence-corrected chi connectivity index (χ2v) is 6.24. The summed E-state index contributed by atoms with van der Waals surface area (Å²) in [6, 6.07) is 5.42. The first-order valence-corrected chi connectivity index (χ1v) is 8.62. The Kier molecular flexibility index (Phi) is 5.75. The number of amides is 1. The summed E-state index contributed by atoms with van der Waals surface area (Å²) < 4.78 is 20.5. The number of carbonyl (C=O) groups is 2. The molecule has 1 aliphatic heterocycles. The van der Waals surface area contributed by atoms with Gasteiger partial charge in [0.15, 0.2) is 0 Å². The molecule has 27 heavy (non-hydrogen) atoms. The van der Waals surface area contributed by atoms with Crippen molar-refractivity contribution in [3.63, 3.8) is 0 Å². The maximum absolute atomic E-state index is 12.3. The summed E-state index contributed by atoms with van der Waals surface area (Å²) in [5.74, 6) is -0.424. The molecule has 0 bridgehead atoms. The average Bonchev–Trinajstić information content (AvgIpc) is 3.21. The van der Waals surface area contributed by atoms with E-state index < -0.39 is 23.7 Å². The molecule has 1 amide bonds. The van der Waals surface area contributed by atoms with Gasteiger partial charge in [0.25, 0.3) is 0 Å². The Morgan fingerprint density at radius 1 is 1.30 bits per heavy atom. The number of esters is 1. The summed E-state index contributed by atoms with van der Waals surface area (Å²) >= 11 is 0. The molecule has 0 unspecified atom stereocenters. The molecule has 2 atom stereocenters. The van der Waals surface area contributed by atoms with Crippen molar-refractivity contribution in [3.8, 4) is 5.75 Å². The van der Waals surface area contributed by atoms with Crippen LogP contribution in [0.4, 0.5) is 0 Å². The van der Waals surface area contributed by atoms with Crippen molar-refractivity contribution in [2.75, 3.05) is 20.8 Å². The van der Waals surface area contributed by atoms with Gasteiger partial charge in [0.05, 0.1) is 14.2 Å². The Hall–Kier alpha value is -2.87. The Bertz CT molecular complexity index is 899. The highest BCUT2D eigenvalue weighted by Gasteiger charge is 2.29. The van der Waals surface area contributed by atoms with Crippen LogP contribution in [0.25, 0.3) is 11.0 Å². The second kappa shape index (κ2) is 8.22. The van der Waals surface area contributed by atoms with Gasteiger partial charge in [-0.15, -0.1) is 0 Å². The lowest BCUT2D eigenvalue weighted by Crippen LogP contribution is -2.47. The van der Waals surface area contributed by atoms with Crippen molar-refractivity contribution < 1.29 is 28.2 Å². The fraction of sp³-hybridized carbons (Fsp3) is 0.421. The van der Waals surface area contributed by atoms with E-state index in [9.17, 15) is 14.4 Å². The number of hydrogen-bond donors (Lipinski definition) is 1. The summed E-state index contributed by atoms with van der Waals surface area (Å²) in [5, 5.41) is 3.32. The van der Waals surface area contributed by atoms with Crippen LogP contribution >= 0.6 is 0 Å². The molecule has 0 aliphatic carbocycles. The van der Waals surface area contributed by atoms with Gasteiger partial charge >= 0.3 is 11.6 Å². The molecule has 1 aliphatic rings. The standard InChI is InChI=1S/C19H21NO7/c1-24-12-5-6-13-11(9-17(21)27-16(13)10-12)8-14(19(23)25-2)20-18(22)15-4-3-7-26-15/h5-6,9-10,14-15H,3-4,7-8H2,1-2H3,(H,20,22)/t14-,15-/m1/s1. The van der Waals surface area contributed by atoms with E-state index in [4.69, 9.17) is 18.6 Å². The molecule has 1 saturated heterocycles. The smallest absolute Gasteiger partial charge is 0.336 e. The van der Waals surface area contributed by atoms with Gasteiger partial charge in [-0.1, -0.05) is 0 Å². The van der Waals surface area contributed by atoms with E-state index in [-0.39, 0.29) is 12.3 Å². The Morgan fingerprint density at radius 3 is 2.78 bits per heavy atom. The van der Waals surface area contributed by atoms with E-state index in [1.807, 2.05) is 0 Å². The highest BCUT2D eigenvalue weighted by molar-refractivity contribution is 5.88. The van der Waals surface area contributed by atoms with Crippen LogP contribution in [0.2, 0.25) is 0 Å². The largest absolute Gasteiger partial charge is 0.497 e.